The number of carbonyl (C=O) groups is 2. The van der Waals surface area contributed by atoms with Crippen molar-refractivity contribution < 1.29 is 23.1 Å². The van der Waals surface area contributed by atoms with Gasteiger partial charge in [0, 0.05) is 17.6 Å². The van der Waals surface area contributed by atoms with Gasteiger partial charge in [0.05, 0.1) is 5.56 Å². The highest BCUT2D eigenvalue weighted by Gasteiger charge is 2.10. The van der Waals surface area contributed by atoms with Crippen LogP contribution in [-0.2, 0) is 16.1 Å². The van der Waals surface area contributed by atoms with Crippen molar-refractivity contribution in [2.24, 2.45) is 0 Å². The maximum atomic E-state index is 13.0. The number of carbonyl (C=O) groups excluding carboxylic acids is 2. The molecule has 0 bridgehead atoms. The van der Waals surface area contributed by atoms with Gasteiger partial charge in [-0.05, 0) is 35.9 Å². The van der Waals surface area contributed by atoms with Crippen molar-refractivity contribution >= 4 is 23.5 Å². The molecule has 1 amide bonds. The van der Waals surface area contributed by atoms with Crippen molar-refractivity contribution in [1.29, 1.82) is 0 Å². The van der Waals surface area contributed by atoms with Crippen LogP contribution in [0.15, 0.2) is 42.5 Å². The van der Waals surface area contributed by atoms with Crippen LogP contribution in [-0.4, -0.2) is 18.5 Å². The maximum absolute atomic E-state index is 13.0. The molecule has 0 radical (unpaired) electrons. The van der Waals surface area contributed by atoms with Gasteiger partial charge in [-0.1, -0.05) is 17.7 Å². The lowest BCUT2D eigenvalue weighted by Gasteiger charge is -2.07. The Bertz CT molecular complexity index is 717. The largest absolute Gasteiger partial charge is 0.452 e. The van der Waals surface area contributed by atoms with Crippen molar-refractivity contribution in [1.82, 2.24) is 5.32 Å². The lowest BCUT2D eigenvalue weighted by atomic mass is 10.2. The van der Waals surface area contributed by atoms with Gasteiger partial charge < -0.3 is 10.1 Å². The van der Waals surface area contributed by atoms with E-state index in [0.717, 1.165) is 18.2 Å². The quantitative estimate of drug-likeness (QED) is 0.852. The SMILES string of the molecule is O=C(COC(=O)c1cccc(Cl)c1)NCc1cc(F)cc(F)c1. The van der Waals surface area contributed by atoms with Crippen LogP contribution in [0, 0.1) is 11.6 Å². The van der Waals surface area contributed by atoms with Gasteiger partial charge in [-0.3, -0.25) is 4.79 Å². The Labute approximate surface area is 136 Å². The van der Waals surface area contributed by atoms with Crippen LogP contribution in [0.3, 0.4) is 0 Å². The van der Waals surface area contributed by atoms with Gasteiger partial charge in [-0.2, -0.15) is 0 Å². The van der Waals surface area contributed by atoms with Gasteiger partial charge in [0.25, 0.3) is 5.91 Å². The normalized spacial score (nSPS) is 10.2. The van der Waals surface area contributed by atoms with Gasteiger partial charge in [-0.25, -0.2) is 13.6 Å². The minimum absolute atomic E-state index is 0.0811. The van der Waals surface area contributed by atoms with Crippen LogP contribution >= 0.6 is 11.6 Å². The van der Waals surface area contributed by atoms with Crippen molar-refractivity contribution in [2.75, 3.05) is 6.61 Å². The molecule has 120 valence electrons. The van der Waals surface area contributed by atoms with E-state index >= 15 is 0 Å². The highest BCUT2D eigenvalue weighted by molar-refractivity contribution is 6.30. The summed E-state index contributed by atoms with van der Waals surface area (Å²) in [5, 5.41) is 2.77. The molecule has 0 aliphatic rings. The predicted octanol–water partition coefficient (Wildman–Crippen LogP) is 3.09. The van der Waals surface area contributed by atoms with Crippen LogP contribution < -0.4 is 5.32 Å². The fourth-order valence-electron chi connectivity index (χ4n) is 1.79. The van der Waals surface area contributed by atoms with E-state index in [1.807, 2.05) is 0 Å². The summed E-state index contributed by atoms with van der Waals surface area (Å²) >= 11 is 5.75. The molecule has 2 aromatic rings. The summed E-state index contributed by atoms with van der Waals surface area (Å²) in [4.78, 5) is 23.3. The number of halogens is 3. The van der Waals surface area contributed by atoms with E-state index < -0.39 is 30.1 Å². The number of nitrogens with one attached hydrogen (secondary N) is 1. The molecule has 0 saturated carbocycles. The van der Waals surface area contributed by atoms with Crippen LogP contribution in [0.1, 0.15) is 15.9 Å². The molecule has 2 rings (SSSR count). The zero-order chi connectivity index (χ0) is 16.8. The summed E-state index contributed by atoms with van der Waals surface area (Å²) < 4.78 is 30.8. The van der Waals surface area contributed by atoms with Gasteiger partial charge >= 0.3 is 5.97 Å². The summed E-state index contributed by atoms with van der Waals surface area (Å²) in [7, 11) is 0. The van der Waals surface area contributed by atoms with E-state index in [9.17, 15) is 18.4 Å². The first-order valence-electron chi connectivity index (χ1n) is 6.58. The molecule has 23 heavy (non-hydrogen) atoms. The molecule has 0 aliphatic carbocycles. The summed E-state index contributed by atoms with van der Waals surface area (Å²) in [5.74, 6) is -2.76. The van der Waals surface area contributed by atoms with Crippen LogP contribution in [0.25, 0.3) is 0 Å². The maximum Gasteiger partial charge on any atom is 0.338 e. The number of hydrogen-bond acceptors (Lipinski definition) is 3. The van der Waals surface area contributed by atoms with Gasteiger partial charge in [0.15, 0.2) is 6.61 Å². The molecule has 0 aliphatic heterocycles. The minimum Gasteiger partial charge on any atom is -0.452 e. The molecule has 0 atom stereocenters. The number of benzene rings is 2. The molecule has 2 aromatic carbocycles. The van der Waals surface area contributed by atoms with E-state index in [1.54, 1.807) is 12.1 Å². The number of rotatable bonds is 5. The highest BCUT2D eigenvalue weighted by Crippen LogP contribution is 2.11. The number of amides is 1. The van der Waals surface area contributed by atoms with Crippen LogP contribution in [0.2, 0.25) is 5.02 Å². The van der Waals surface area contributed by atoms with E-state index in [2.05, 4.69) is 5.32 Å². The zero-order valence-electron chi connectivity index (χ0n) is 11.8. The van der Waals surface area contributed by atoms with Crippen molar-refractivity contribution in [3.63, 3.8) is 0 Å². The average Bonchev–Trinajstić information content (AvgIpc) is 2.49. The van der Waals surface area contributed by atoms with Crippen LogP contribution in [0.4, 0.5) is 8.78 Å². The Hall–Kier alpha value is -2.47. The third kappa shape index (κ3) is 5.34. The summed E-state index contributed by atoms with van der Waals surface area (Å²) in [6.45, 7) is -0.592. The molecule has 0 aromatic heterocycles. The molecule has 0 spiro atoms. The van der Waals surface area contributed by atoms with Gasteiger partial charge in [0.2, 0.25) is 0 Å². The van der Waals surface area contributed by atoms with Crippen molar-refractivity contribution in [2.45, 2.75) is 6.54 Å². The standard InChI is InChI=1S/C16H12ClF2NO3/c17-12-3-1-2-11(6-12)16(22)23-9-15(21)20-8-10-4-13(18)7-14(19)5-10/h1-7H,8-9H2,(H,20,21). The number of ether oxygens (including phenoxy) is 1. The molecule has 0 heterocycles. The molecule has 1 N–H and O–H groups in total. The minimum atomic E-state index is -0.735. The summed E-state index contributed by atoms with van der Waals surface area (Å²) in [6, 6.07) is 9.03. The lowest BCUT2D eigenvalue weighted by Crippen LogP contribution is -2.28. The van der Waals surface area contributed by atoms with E-state index in [0.29, 0.717) is 5.02 Å². The molecular formula is C16H12ClF2NO3. The van der Waals surface area contributed by atoms with Crippen LogP contribution in [0.5, 0.6) is 0 Å². The number of hydrogen-bond donors (Lipinski definition) is 1. The summed E-state index contributed by atoms with van der Waals surface area (Å²) in [6.07, 6.45) is 0. The Morgan fingerprint density at radius 1 is 1.09 bits per heavy atom. The van der Waals surface area contributed by atoms with E-state index in [1.165, 1.54) is 12.1 Å². The Kier molecular flexibility index (Phi) is 5.65. The number of esters is 1. The Morgan fingerprint density at radius 3 is 2.43 bits per heavy atom. The van der Waals surface area contributed by atoms with Crippen molar-refractivity contribution in [3.8, 4) is 0 Å². The molecule has 7 heteroatoms. The molecule has 4 nitrogen and oxygen atoms in total. The topological polar surface area (TPSA) is 55.4 Å². The average molecular weight is 340 g/mol. The van der Waals surface area contributed by atoms with E-state index in [-0.39, 0.29) is 17.7 Å². The zero-order valence-corrected chi connectivity index (χ0v) is 12.6. The molecule has 0 fully saturated rings. The first-order chi connectivity index (χ1) is 10.9. The smallest absolute Gasteiger partial charge is 0.338 e. The third-order valence-corrected chi connectivity index (χ3v) is 3.04. The Morgan fingerprint density at radius 2 is 1.78 bits per heavy atom. The molecule has 0 unspecified atom stereocenters. The van der Waals surface area contributed by atoms with E-state index in [4.69, 9.17) is 16.3 Å². The Balaban J connectivity index is 1.82. The van der Waals surface area contributed by atoms with Gasteiger partial charge in [0.1, 0.15) is 11.6 Å². The summed E-state index contributed by atoms with van der Waals surface area (Å²) in [5.41, 5.74) is 0.481. The first-order valence-corrected chi connectivity index (χ1v) is 6.96. The van der Waals surface area contributed by atoms with Crippen molar-refractivity contribution in [3.05, 3.63) is 70.2 Å². The molecular weight excluding hydrogens is 328 g/mol. The second-order valence-electron chi connectivity index (χ2n) is 4.64. The predicted molar refractivity (Wildman–Crippen MR) is 79.9 cm³/mol. The third-order valence-electron chi connectivity index (χ3n) is 2.81. The van der Waals surface area contributed by atoms with Gasteiger partial charge in [-0.15, -0.1) is 0 Å². The fourth-order valence-corrected chi connectivity index (χ4v) is 1.98. The highest BCUT2D eigenvalue weighted by atomic mass is 35.5. The fraction of sp³-hybridized carbons (Fsp3) is 0.125. The lowest BCUT2D eigenvalue weighted by molar-refractivity contribution is -0.124. The molecule has 0 saturated heterocycles. The second kappa shape index (κ2) is 7.69. The second-order valence-corrected chi connectivity index (χ2v) is 5.08. The monoisotopic (exact) mass is 339 g/mol. The first kappa shape index (κ1) is 16.9.